The van der Waals surface area contributed by atoms with E-state index in [4.69, 9.17) is 14.2 Å². The third-order valence-corrected chi connectivity index (χ3v) is 12.9. The molecule has 0 aliphatic carbocycles. The van der Waals surface area contributed by atoms with E-state index in [1.54, 1.807) is 0 Å². The fourth-order valence-corrected chi connectivity index (χ4v) is 8.37. The van der Waals surface area contributed by atoms with Crippen LogP contribution in [0.3, 0.4) is 0 Å². The summed E-state index contributed by atoms with van der Waals surface area (Å²) in [5, 5.41) is 0. The van der Waals surface area contributed by atoms with Gasteiger partial charge in [-0.2, -0.15) is 0 Å². The Morgan fingerprint density at radius 1 is 0.286 bits per heavy atom. The molecular formula is C64H112O6. The molecule has 70 heavy (non-hydrogen) atoms. The Hall–Kier alpha value is -3.15. The highest BCUT2D eigenvalue weighted by Gasteiger charge is 2.19. The standard InChI is InChI=1S/C64H112O6/c1-4-7-10-13-16-19-22-25-28-31-32-34-36-39-42-45-48-51-54-57-63(66)69-60-61(59-68-62(65)56-53-50-47-44-41-38-35-30-27-24-21-18-15-12-9-6-3)70-64(67)58-55-52-49-46-43-40-37-33-29-26-23-20-17-14-11-8-5-2/h17,20,26,29-32,35,37,40,46,49,61H,4-16,18-19,21-25,27-28,33-34,36,38-39,41-45,47-48,50-60H2,1-3H3/b20-17-,29-26-,32-31-,35-30-,40-37-,49-46-/t61-/m1/s1. The summed E-state index contributed by atoms with van der Waals surface area (Å²) >= 11 is 0. The van der Waals surface area contributed by atoms with Crippen molar-refractivity contribution in [1.29, 1.82) is 0 Å². The molecule has 0 saturated heterocycles. The lowest BCUT2D eigenvalue weighted by molar-refractivity contribution is -0.167. The number of allylic oxidation sites excluding steroid dienone is 12. The molecule has 0 aromatic heterocycles. The number of esters is 3. The number of ether oxygens (including phenoxy) is 3. The van der Waals surface area contributed by atoms with Gasteiger partial charge < -0.3 is 14.2 Å². The second-order valence-electron chi connectivity index (χ2n) is 19.9. The van der Waals surface area contributed by atoms with Crippen LogP contribution in [0.25, 0.3) is 0 Å². The van der Waals surface area contributed by atoms with Gasteiger partial charge in [0, 0.05) is 19.3 Å². The summed E-state index contributed by atoms with van der Waals surface area (Å²) in [6, 6.07) is 0. The van der Waals surface area contributed by atoms with Gasteiger partial charge in [-0.15, -0.1) is 0 Å². The van der Waals surface area contributed by atoms with E-state index in [1.807, 2.05) is 0 Å². The Morgan fingerprint density at radius 3 is 0.886 bits per heavy atom. The quantitative estimate of drug-likeness (QED) is 0.0261. The van der Waals surface area contributed by atoms with E-state index in [2.05, 4.69) is 93.7 Å². The first-order valence-corrected chi connectivity index (χ1v) is 29.9. The minimum Gasteiger partial charge on any atom is -0.462 e. The van der Waals surface area contributed by atoms with Gasteiger partial charge in [0.1, 0.15) is 13.2 Å². The summed E-state index contributed by atoms with van der Waals surface area (Å²) < 4.78 is 16.8. The van der Waals surface area contributed by atoms with Crippen molar-refractivity contribution in [3.05, 3.63) is 72.9 Å². The van der Waals surface area contributed by atoms with E-state index in [0.717, 1.165) is 70.6 Å². The summed E-state index contributed by atoms with van der Waals surface area (Å²) in [5.74, 6) is -0.961. The normalized spacial score (nSPS) is 12.6. The maximum Gasteiger partial charge on any atom is 0.306 e. The Morgan fingerprint density at radius 2 is 0.529 bits per heavy atom. The smallest absolute Gasteiger partial charge is 0.306 e. The number of carbonyl (C=O) groups excluding carboxylic acids is 3. The molecule has 0 unspecified atom stereocenters. The van der Waals surface area contributed by atoms with Crippen molar-refractivity contribution in [3.8, 4) is 0 Å². The highest BCUT2D eigenvalue weighted by Crippen LogP contribution is 2.15. The molecule has 0 heterocycles. The Kier molecular flexibility index (Phi) is 55.8. The molecule has 0 saturated carbocycles. The number of rotatable bonds is 54. The molecule has 0 bridgehead atoms. The minimum absolute atomic E-state index is 0.101. The minimum atomic E-state index is -0.809. The van der Waals surface area contributed by atoms with Crippen LogP contribution < -0.4 is 0 Å². The molecular weight excluding hydrogens is 865 g/mol. The Balaban J connectivity index is 4.46. The van der Waals surface area contributed by atoms with Crippen LogP contribution in [0.2, 0.25) is 0 Å². The first kappa shape index (κ1) is 66.9. The number of hydrogen-bond donors (Lipinski definition) is 0. The van der Waals surface area contributed by atoms with Crippen LogP contribution in [0, 0.1) is 0 Å². The van der Waals surface area contributed by atoms with Crippen LogP contribution in [0.15, 0.2) is 72.9 Å². The van der Waals surface area contributed by atoms with Crippen molar-refractivity contribution in [2.24, 2.45) is 0 Å². The second-order valence-corrected chi connectivity index (χ2v) is 19.9. The summed E-state index contributed by atoms with van der Waals surface area (Å²) in [4.78, 5) is 38.2. The van der Waals surface area contributed by atoms with Gasteiger partial charge in [0.15, 0.2) is 6.10 Å². The summed E-state index contributed by atoms with van der Waals surface area (Å²) in [7, 11) is 0. The van der Waals surface area contributed by atoms with E-state index >= 15 is 0 Å². The van der Waals surface area contributed by atoms with Crippen LogP contribution >= 0.6 is 0 Å². The summed E-state index contributed by atoms with van der Waals surface area (Å²) in [6.45, 7) is 6.58. The van der Waals surface area contributed by atoms with Crippen LogP contribution in [-0.2, 0) is 28.6 Å². The zero-order valence-corrected chi connectivity index (χ0v) is 46.3. The van der Waals surface area contributed by atoms with Crippen LogP contribution in [-0.4, -0.2) is 37.2 Å². The van der Waals surface area contributed by atoms with Crippen molar-refractivity contribution in [2.45, 2.75) is 303 Å². The molecule has 6 heteroatoms. The molecule has 404 valence electrons. The van der Waals surface area contributed by atoms with E-state index in [9.17, 15) is 14.4 Å². The van der Waals surface area contributed by atoms with Gasteiger partial charge in [0.25, 0.3) is 0 Å². The first-order valence-electron chi connectivity index (χ1n) is 29.9. The molecule has 0 radical (unpaired) electrons. The SMILES string of the molecule is CCCCC/C=C\C/C=C\C/C=C\C/C=C\CCCC(=O)O[C@H](COC(=O)CCCCCCC/C=C\CCCCCCCCC)COC(=O)CCCCCCCCC/C=C\CCCCCCCCCC. The zero-order valence-electron chi connectivity index (χ0n) is 46.3. The first-order chi connectivity index (χ1) is 34.5. The molecule has 6 nitrogen and oxygen atoms in total. The fraction of sp³-hybridized carbons (Fsp3) is 0.766. The lowest BCUT2D eigenvalue weighted by atomic mass is 10.1. The topological polar surface area (TPSA) is 78.9 Å². The van der Waals surface area contributed by atoms with Crippen molar-refractivity contribution >= 4 is 17.9 Å². The predicted molar refractivity (Wildman–Crippen MR) is 302 cm³/mol. The van der Waals surface area contributed by atoms with E-state index in [-0.39, 0.29) is 37.5 Å². The largest absolute Gasteiger partial charge is 0.462 e. The van der Waals surface area contributed by atoms with Crippen molar-refractivity contribution in [2.75, 3.05) is 13.2 Å². The monoisotopic (exact) mass is 977 g/mol. The number of carbonyl (C=O) groups is 3. The van der Waals surface area contributed by atoms with Crippen LogP contribution in [0.1, 0.15) is 297 Å². The third-order valence-electron chi connectivity index (χ3n) is 12.9. The molecule has 0 amide bonds. The van der Waals surface area contributed by atoms with E-state index in [1.165, 1.54) is 180 Å². The van der Waals surface area contributed by atoms with Gasteiger partial charge in [-0.05, 0) is 109 Å². The Bertz CT molecular complexity index is 1310. The molecule has 1 atom stereocenters. The molecule has 0 aliphatic rings. The van der Waals surface area contributed by atoms with E-state index < -0.39 is 6.10 Å². The summed E-state index contributed by atoms with van der Waals surface area (Å²) in [5.41, 5.74) is 0. The lowest BCUT2D eigenvalue weighted by Gasteiger charge is -2.18. The maximum atomic E-state index is 12.8. The van der Waals surface area contributed by atoms with Crippen molar-refractivity contribution < 1.29 is 28.6 Å². The summed E-state index contributed by atoms with van der Waals surface area (Å²) in [6.07, 6.45) is 74.7. The van der Waals surface area contributed by atoms with Crippen molar-refractivity contribution in [1.82, 2.24) is 0 Å². The van der Waals surface area contributed by atoms with Gasteiger partial charge in [-0.3, -0.25) is 14.4 Å². The fourth-order valence-electron chi connectivity index (χ4n) is 8.37. The van der Waals surface area contributed by atoms with Crippen molar-refractivity contribution in [3.63, 3.8) is 0 Å². The predicted octanol–water partition coefficient (Wildman–Crippen LogP) is 20.2. The van der Waals surface area contributed by atoms with Gasteiger partial charge >= 0.3 is 17.9 Å². The third kappa shape index (κ3) is 55.8. The highest BCUT2D eigenvalue weighted by atomic mass is 16.6. The average molecular weight is 978 g/mol. The van der Waals surface area contributed by atoms with Gasteiger partial charge in [0.2, 0.25) is 0 Å². The molecule has 0 N–H and O–H groups in total. The molecule has 0 aromatic rings. The van der Waals surface area contributed by atoms with Crippen LogP contribution in [0.4, 0.5) is 0 Å². The number of hydrogen-bond acceptors (Lipinski definition) is 6. The zero-order chi connectivity index (χ0) is 50.7. The second kappa shape index (κ2) is 58.4. The molecule has 0 aromatic carbocycles. The maximum absolute atomic E-state index is 12.8. The molecule has 0 aliphatic heterocycles. The highest BCUT2D eigenvalue weighted by molar-refractivity contribution is 5.71. The molecule has 0 fully saturated rings. The Labute approximate surface area is 433 Å². The number of unbranched alkanes of at least 4 members (excludes halogenated alkanes) is 31. The van der Waals surface area contributed by atoms with Gasteiger partial charge in [0.05, 0.1) is 0 Å². The van der Waals surface area contributed by atoms with Gasteiger partial charge in [-0.25, -0.2) is 0 Å². The molecule has 0 rings (SSSR count). The average Bonchev–Trinajstić information content (AvgIpc) is 3.36. The van der Waals surface area contributed by atoms with E-state index in [0.29, 0.717) is 19.3 Å². The molecule has 0 spiro atoms. The van der Waals surface area contributed by atoms with Gasteiger partial charge in [-0.1, -0.05) is 241 Å². The lowest BCUT2D eigenvalue weighted by Crippen LogP contribution is -2.30. The van der Waals surface area contributed by atoms with Crippen LogP contribution in [0.5, 0.6) is 0 Å².